The van der Waals surface area contributed by atoms with Crippen LogP contribution in [0.15, 0.2) is 18.2 Å². The molecule has 1 fully saturated rings. The molecule has 1 aliphatic rings. The van der Waals surface area contributed by atoms with Crippen molar-refractivity contribution in [1.82, 2.24) is 5.32 Å². The van der Waals surface area contributed by atoms with Gasteiger partial charge in [0.1, 0.15) is 5.75 Å². The van der Waals surface area contributed by atoms with Crippen LogP contribution in [0.25, 0.3) is 0 Å². The Labute approximate surface area is 121 Å². The van der Waals surface area contributed by atoms with Crippen LogP contribution < -0.4 is 10.1 Å². The molecule has 4 nitrogen and oxygen atoms in total. The second kappa shape index (κ2) is 5.99. The van der Waals surface area contributed by atoms with E-state index in [1.807, 2.05) is 0 Å². The van der Waals surface area contributed by atoms with Gasteiger partial charge in [0.2, 0.25) is 0 Å². The lowest BCUT2D eigenvalue weighted by molar-refractivity contribution is -0.129. The van der Waals surface area contributed by atoms with Crippen LogP contribution in [0.4, 0.5) is 0 Å². The molecule has 1 aliphatic carbocycles. The molecule has 0 bridgehead atoms. The number of halogens is 2. The first kappa shape index (κ1) is 14.4. The number of benzene rings is 1. The maximum Gasteiger partial charge on any atom is 0.260 e. The van der Waals surface area contributed by atoms with Gasteiger partial charge in [-0.25, -0.2) is 0 Å². The van der Waals surface area contributed by atoms with Gasteiger partial charge in [0.15, 0.2) is 6.10 Å². The molecule has 0 spiro atoms. The van der Waals surface area contributed by atoms with Gasteiger partial charge in [-0.15, -0.1) is 0 Å². The van der Waals surface area contributed by atoms with Crippen molar-refractivity contribution in [2.75, 3.05) is 0 Å². The van der Waals surface area contributed by atoms with Crippen LogP contribution in [0.3, 0.4) is 0 Å². The summed E-state index contributed by atoms with van der Waals surface area (Å²) in [6, 6.07) is 4.87. The highest BCUT2D eigenvalue weighted by Crippen LogP contribution is 2.28. The van der Waals surface area contributed by atoms with Crippen molar-refractivity contribution in [2.45, 2.75) is 38.0 Å². The summed E-state index contributed by atoms with van der Waals surface area (Å²) in [4.78, 5) is 11.8. The Morgan fingerprint density at radius 1 is 1.47 bits per heavy atom. The number of ether oxygens (including phenoxy) is 1. The third kappa shape index (κ3) is 3.75. The highest BCUT2D eigenvalue weighted by atomic mass is 35.5. The molecule has 19 heavy (non-hydrogen) atoms. The SMILES string of the molecule is CC(Oc1ccc(Cl)cc1Cl)C(=O)NC1CC(O)C1. The third-order valence-electron chi connectivity index (χ3n) is 3.03. The Kier molecular flexibility index (Phi) is 4.55. The topological polar surface area (TPSA) is 58.6 Å². The molecule has 6 heteroatoms. The molecule has 0 saturated heterocycles. The second-order valence-electron chi connectivity index (χ2n) is 4.67. The van der Waals surface area contributed by atoms with E-state index >= 15 is 0 Å². The number of nitrogens with one attached hydrogen (secondary N) is 1. The number of hydrogen-bond acceptors (Lipinski definition) is 3. The number of aliphatic hydroxyl groups is 1. The van der Waals surface area contributed by atoms with E-state index in [0.29, 0.717) is 28.6 Å². The fraction of sp³-hybridized carbons (Fsp3) is 0.462. The number of amides is 1. The molecule has 0 aromatic heterocycles. The summed E-state index contributed by atoms with van der Waals surface area (Å²) in [6.45, 7) is 1.65. The van der Waals surface area contributed by atoms with E-state index in [4.69, 9.17) is 33.0 Å². The Morgan fingerprint density at radius 2 is 2.16 bits per heavy atom. The van der Waals surface area contributed by atoms with Gasteiger partial charge in [0.05, 0.1) is 11.1 Å². The largest absolute Gasteiger partial charge is 0.479 e. The molecule has 104 valence electrons. The minimum atomic E-state index is -0.656. The Hall–Kier alpha value is -0.970. The van der Waals surface area contributed by atoms with Gasteiger partial charge >= 0.3 is 0 Å². The first-order valence-electron chi connectivity index (χ1n) is 6.06. The van der Waals surface area contributed by atoms with E-state index in [0.717, 1.165) is 0 Å². The molecular formula is C13H15Cl2NO3. The molecule has 1 unspecified atom stereocenters. The van der Waals surface area contributed by atoms with Crippen molar-refractivity contribution in [3.8, 4) is 5.75 Å². The molecule has 2 N–H and O–H groups in total. The summed E-state index contributed by atoms with van der Waals surface area (Å²) < 4.78 is 5.49. The van der Waals surface area contributed by atoms with Crippen LogP contribution in [-0.4, -0.2) is 29.3 Å². The summed E-state index contributed by atoms with van der Waals surface area (Å²) in [5, 5.41) is 12.8. The zero-order valence-corrected chi connectivity index (χ0v) is 11.9. The smallest absolute Gasteiger partial charge is 0.260 e. The minimum absolute atomic E-state index is 0.0363. The van der Waals surface area contributed by atoms with Gasteiger partial charge in [0, 0.05) is 11.1 Å². The van der Waals surface area contributed by atoms with Gasteiger partial charge in [0.25, 0.3) is 5.91 Å². The normalized spacial score (nSPS) is 23.4. The van der Waals surface area contributed by atoms with Gasteiger partial charge < -0.3 is 15.2 Å². The summed E-state index contributed by atoms with van der Waals surface area (Å²) in [7, 11) is 0. The molecular weight excluding hydrogens is 289 g/mol. The standard InChI is InChI=1S/C13H15Cl2NO3/c1-7(13(18)16-9-5-10(17)6-9)19-12-3-2-8(14)4-11(12)15/h2-4,7,9-10,17H,5-6H2,1H3,(H,16,18). The first-order valence-corrected chi connectivity index (χ1v) is 6.81. The fourth-order valence-electron chi connectivity index (χ4n) is 1.84. The number of carbonyl (C=O) groups excluding carboxylic acids is 1. The quantitative estimate of drug-likeness (QED) is 0.898. The van der Waals surface area contributed by atoms with Crippen LogP contribution in [0.1, 0.15) is 19.8 Å². The van der Waals surface area contributed by atoms with Crippen molar-refractivity contribution in [3.63, 3.8) is 0 Å². The van der Waals surface area contributed by atoms with E-state index in [1.165, 1.54) is 0 Å². The first-order chi connectivity index (χ1) is 8.95. The maximum absolute atomic E-state index is 11.8. The van der Waals surface area contributed by atoms with E-state index in [2.05, 4.69) is 5.32 Å². The van der Waals surface area contributed by atoms with Crippen molar-refractivity contribution in [1.29, 1.82) is 0 Å². The summed E-state index contributed by atoms with van der Waals surface area (Å²) in [5.41, 5.74) is 0. The Bertz CT molecular complexity index is 475. The second-order valence-corrected chi connectivity index (χ2v) is 5.51. The number of carbonyl (C=O) groups is 1. The molecule has 0 radical (unpaired) electrons. The zero-order chi connectivity index (χ0) is 14.0. The van der Waals surface area contributed by atoms with E-state index < -0.39 is 6.10 Å². The molecule has 1 aromatic carbocycles. The van der Waals surface area contributed by atoms with Crippen LogP contribution >= 0.6 is 23.2 Å². The monoisotopic (exact) mass is 303 g/mol. The number of aliphatic hydroxyl groups excluding tert-OH is 1. The molecule has 1 aromatic rings. The van der Waals surface area contributed by atoms with E-state index in [-0.39, 0.29) is 18.1 Å². The van der Waals surface area contributed by atoms with Gasteiger partial charge in [-0.05, 0) is 38.0 Å². The summed E-state index contributed by atoms with van der Waals surface area (Å²) in [6.07, 6.45) is 0.240. The molecule has 1 amide bonds. The van der Waals surface area contributed by atoms with E-state index in [9.17, 15) is 4.79 Å². The van der Waals surface area contributed by atoms with Gasteiger partial charge in [-0.1, -0.05) is 23.2 Å². The van der Waals surface area contributed by atoms with Crippen LogP contribution in [0.2, 0.25) is 10.0 Å². The average Bonchev–Trinajstić information content (AvgIpc) is 2.30. The van der Waals surface area contributed by atoms with Crippen molar-refractivity contribution < 1.29 is 14.6 Å². The lowest BCUT2D eigenvalue weighted by Crippen LogP contribution is -2.50. The lowest BCUT2D eigenvalue weighted by atomic mass is 9.89. The van der Waals surface area contributed by atoms with Crippen molar-refractivity contribution in [2.24, 2.45) is 0 Å². The minimum Gasteiger partial charge on any atom is -0.479 e. The van der Waals surface area contributed by atoms with E-state index in [1.54, 1.807) is 25.1 Å². The van der Waals surface area contributed by atoms with Crippen molar-refractivity contribution in [3.05, 3.63) is 28.2 Å². The average molecular weight is 304 g/mol. The Morgan fingerprint density at radius 3 is 2.74 bits per heavy atom. The van der Waals surface area contributed by atoms with Crippen LogP contribution in [-0.2, 0) is 4.79 Å². The summed E-state index contributed by atoms with van der Waals surface area (Å²) >= 11 is 11.7. The maximum atomic E-state index is 11.8. The molecule has 0 heterocycles. The number of hydrogen-bond donors (Lipinski definition) is 2. The van der Waals surface area contributed by atoms with Crippen LogP contribution in [0, 0.1) is 0 Å². The predicted octanol–water partition coefficient (Wildman–Crippen LogP) is 2.40. The molecule has 1 saturated carbocycles. The number of rotatable bonds is 4. The highest BCUT2D eigenvalue weighted by molar-refractivity contribution is 6.35. The predicted molar refractivity (Wildman–Crippen MR) is 73.7 cm³/mol. The fourth-order valence-corrected chi connectivity index (χ4v) is 2.29. The molecule has 0 aliphatic heterocycles. The third-order valence-corrected chi connectivity index (χ3v) is 3.56. The van der Waals surface area contributed by atoms with Gasteiger partial charge in [-0.3, -0.25) is 4.79 Å². The molecule has 1 atom stereocenters. The summed E-state index contributed by atoms with van der Waals surface area (Å²) in [5.74, 6) is 0.199. The van der Waals surface area contributed by atoms with Crippen molar-refractivity contribution >= 4 is 29.1 Å². The molecule has 2 rings (SSSR count). The lowest BCUT2D eigenvalue weighted by Gasteiger charge is -2.32. The highest BCUT2D eigenvalue weighted by Gasteiger charge is 2.30. The Balaban J connectivity index is 1.89. The van der Waals surface area contributed by atoms with Crippen LogP contribution in [0.5, 0.6) is 5.75 Å². The zero-order valence-electron chi connectivity index (χ0n) is 10.4. The van der Waals surface area contributed by atoms with Gasteiger partial charge in [-0.2, -0.15) is 0 Å².